The molecule has 0 saturated carbocycles. The van der Waals surface area contributed by atoms with Crippen LogP contribution >= 0.6 is 0 Å². The molecule has 18 heteroatoms. The minimum Gasteiger partial charge on any atom is -0.458 e. The Bertz CT molecular complexity index is 2680. The Balaban J connectivity index is 0.00000249. The van der Waals surface area contributed by atoms with Crippen molar-refractivity contribution in [3.8, 4) is 29.0 Å². The zero-order valence-electron chi connectivity index (χ0n) is 31.8. The number of carbonyl (C=O) groups is 1. The molecule has 4 aliphatic heterocycles. The van der Waals surface area contributed by atoms with Crippen molar-refractivity contribution in [2.24, 2.45) is 5.92 Å². The fourth-order valence-electron chi connectivity index (χ4n) is 9.23. The van der Waals surface area contributed by atoms with Crippen molar-refractivity contribution in [3.63, 3.8) is 0 Å². The minimum atomic E-state index is -0.825. The van der Waals surface area contributed by atoms with E-state index in [2.05, 4.69) is 26.0 Å². The number of anilines is 2. The number of methoxy groups -OCH3 is 1. The Morgan fingerprint density at radius 2 is 1.79 bits per heavy atom. The molecule has 15 nitrogen and oxygen atoms in total. The standard InChI is InChI=1S/C40H37F3N12O3.2H2/c1-20-47-32-12-23(42)10-28-31-6-7-45-40(48-31)58-26-14-34(38(56)51(2)17-27(57-3)19-52(20)35(28)32)53(18-26)36-29-16-46-55(33-5-4-22(41)11-30(33)43)37(29)50-39(49-36)54-24-8-21(15-44)9-25(54)13-24;;/h4-7,10-12,16,21,24-27,34H,8-9,13-14,17-19H2,1-3H3;2*1H/t21?,24-,25?,26?,27-,34-;;/m0../s1. The van der Waals surface area contributed by atoms with E-state index in [1.165, 1.54) is 29.1 Å². The highest BCUT2D eigenvalue weighted by molar-refractivity contribution is 5.94. The van der Waals surface area contributed by atoms with Gasteiger partial charge in [0.1, 0.15) is 41.1 Å². The number of nitriles is 1. The summed E-state index contributed by atoms with van der Waals surface area (Å²) < 4.78 is 60.2. The summed E-state index contributed by atoms with van der Waals surface area (Å²) in [6, 6.07) is 9.42. The Labute approximate surface area is 332 Å². The number of hydrogen-bond acceptors (Lipinski definition) is 12. The van der Waals surface area contributed by atoms with Crippen LogP contribution < -0.4 is 14.5 Å². The molecule has 3 saturated heterocycles. The lowest BCUT2D eigenvalue weighted by Crippen LogP contribution is -2.61. The number of amides is 1. The van der Waals surface area contributed by atoms with Crippen molar-refractivity contribution in [2.75, 3.05) is 37.0 Å². The molecule has 0 aliphatic carbocycles. The molecule has 4 aromatic heterocycles. The molecular formula is C40H41F3N12O3. The third-order valence-electron chi connectivity index (χ3n) is 12.0. The lowest BCUT2D eigenvalue weighted by molar-refractivity contribution is -0.133. The van der Waals surface area contributed by atoms with E-state index in [1.807, 2.05) is 16.4 Å². The van der Waals surface area contributed by atoms with Crippen LogP contribution in [0.3, 0.4) is 0 Å². The molecule has 10 rings (SSSR count). The second-order valence-corrected chi connectivity index (χ2v) is 15.5. The number of likely N-dealkylation sites (N-methyl/N-ethyl adjacent to an activating group) is 1. The summed E-state index contributed by atoms with van der Waals surface area (Å²) in [7, 11) is 3.30. The third-order valence-corrected chi connectivity index (χ3v) is 12.0. The van der Waals surface area contributed by atoms with E-state index in [9.17, 15) is 14.4 Å². The molecule has 2 aromatic carbocycles. The number of aromatic nitrogens is 8. The highest BCUT2D eigenvalue weighted by atomic mass is 19.1. The van der Waals surface area contributed by atoms with Gasteiger partial charge in [0.2, 0.25) is 11.9 Å². The van der Waals surface area contributed by atoms with E-state index in [0.29, 0.717) is 64.7 Å². The maximum Gasteiger partial charge on any atom is 0.317 e. The number of nitrogens with zero attached hydrogens (tertiary/aromatic N) is 12. The van der Waals surface area contributed by atoms with Crippen LogP contribution in [0.2, 0.25) is 0 Å². The largest absolute Gasteiger partial charge is 0.458 e. The van der Waals surface area contributed by atoms with Gasteiger partial charge in [0, 0.05) is 66.0 Å². The van der Waals surface area contributed by atoms with Crippen LogP contribution in [-0.4, -0.2) is 108 Å². The smallest absolute Gasteiger partial charge is 0.317 e. The van der Waals surface area contributed by atoms with Crippen LogP contribution in [0.5, 0.6) is 6.01 Å². The summed E-state index contributed by atoms with van der Waals surface area (Å²) in [5, 5.41) is 14.7. The molecule has 6 bridgehead atoms. The summed E-state index contributed by atoms with van der Waals surface area (Å²) in [5.74, 6) is -0.955. The van der Waals surface area contributed by atoms with Gasteiger partial charge in [0.25, 0.3) is 0 Å². The quantitative estimate of drug-likeness (QED) is 0.229. The molecule has 1 amide bonds. The number of ether oxygens (including phenoxy) is 2. The van der Waals surface area contributed by atoms with Crippen LogP contribution in [0, 0.1) is 41.6 Å². The first-order chi connectivity index (χ1) is 28.1. The number of piperidine rings is 1. The summed E-state index contributed by atoms with van der Waals surface area (Å²) in [6.07, 6.45) is 4.38. The first-order valence-electron chi connectivity index (χ1n) is 19.2. The number of fused-ring (bicyclic) bond motifs is 8. The van der Waals surface area contributed by atoms with Crippen LogP contribution in [-0.2, 0) is 16.1 Å². The summed E-state index contributed by atoms with van der Waals surface area (Å²) >= 11 is 0. The SMILES string of the molecule is CO[C@H]1CN(C)C(=O)[C@@H]2CC(CN2c2nc(N3C4CC(C#N)C[C@H]3C4)nc3c2cnn3-c2ccc(F)cc2F)Oc2nccc(n2)-c2cc(F)cc3nc(C)n(c23)C1.[HH].[HH]. The van der Waals surface area contributed by atoms with Crippen molar-refractivity contribution in [1.29, 1.82) is 5.26 Å². The summed E-state index contributed by atoms with van der Waals surface area (Å²) in [4.78, 5) is 44.2. The maximum absolute atomic E-state index is 15.3. The van der Waals surface area contributed by atoms with Crippen molar-refractivity contribution in [1.82, 2.24) is 44.2 Å². The third kappa shape index (κ3) is 5.86. The molecule has 3 unspecified atom stereocenters. The lowest BCUT2D eigenvalue weighted by atomic mass is 9.74. The molecule has 0 N–H and O–H groups in total. The van der Waals surface area contributed by atoms with E-state index in [4.69, 9.17) is 24.4 Å². The Kier molecular flexibility index (Phi) is 8.48. The van der Waals surface area contributed by atoms with Gasteiger partial charge in [-0.1, -0.05) is 0 Å². The van der Waals surface area contributed by atoms with Crippen molar-refractivity contribution in [2.45, 2.75) is 69.5 Å². The highest BCUT2D eigenvalue weighted by Crippen LogP contribution is 2.45. The zero-order chi connectivity index (χ0) is 40.0. The average Bonchev–Trinajstić information content (AvgIpc) is 3.91. The van der Waals surface area contributed by atoms with Gasteiger partial charge >= 0.3 is 6.01 Å². The zero-order valence-corrected chi connectivity index (χ0v) is 31.8. The van der Waals surface area contributed by atoms with Crippen LogP contribution in [0.15, 0.2) is 48.8 Å². The number of rotatable bonds is 4. The molecule has 0 spiro atoms. The van der Waals surface area contributed by atoms with Crippen LogP contribution in [0.4, 0.5) is 24.9 Å². The van der Waals surface area contributed by atoms with Crippen LogP contribution in [0.25, 0.3) is 39.0 Å². The molecule has 6 aromatic rings. The van der Waals surface area contributed by atoms with Gasteiger partial charge in [0.05, 0.1) is 59.5 Å². The highest BCUT2D eigenvalue weighted by Gasteiger charge is 2.48. The van der Waals surface area contributed by atoms with Gasteiger partial charge in [-0.25, -0.2) is 27.8 Å². The van der Waals surface area contributed by atoms with Gasteiger partial charge < -0.3 is 28.7 Å². The van der Waals surface area contributed by atoms with Gasteiger partial charge in [-0.05, 0) is 50.5 Å². The van der Waals surface area contributed by atoms with E-state index >= 15 is 8.78 Å². The monoisotopic (exact) mass is 794 g/mol. The molecule has 6 atom stereocenters. The van der Waals surface area contributed by atoms with Gasteiger partial charge in [-0.2, -0.15) is 25.3 Å². The minimum absolute atomic E-state index is 0. The van der Waals surface area contributed by atoms with Crippen LogP contribution in [0.1, 0.15) is 34.4 Å². The van der Waals surface area contributed by atoms with Crippen molar-refractivity contribution in [3.05, 3.63) is 72.1 Å². The summed E-state index contributed by atoms with van der Waals surface area (Å²) in [6.45, 7) is 2.52. The van der Waals surface area contributed by atoms with Crippen molar-refractivity contribution < 1.29 is 30.3 Å². The van der Waals surface area contributed by atoms with E-state index in [-0.39, 0.29) is 63.6 Å². The lowest BCUT2D eigenvalue weighted by Gasteiger charge is -2.54. The Hall–Kier alpha value is -6.35. The van der Waals surface area contributed by atoms with Gasteiger partial charge in [-0.3, -0.25) is 4.79 Å². The van der Waals surface area contributed by atoms with E-state index < -0.39 is 35.7 Å². The second kappa shape index (κ2) is 13.6. The maximum atomic E-state index is 15.3. The average molecular weight is 795 g/mol. The second-order valence-electron chi connectivity index (χ2n) is 15.5. The summed E-state index contributed by atoms with van der Waals surface area (Å²) in [5.41, 5.74) is 2.32. The number of hydrogen-bond donors (Lipinski definition) is 0. The van der Waals surface area contributed by atoms with Crippen molar-refractivity contribution >= 4 is 39.7 Å². The van der Waals surface area contributed by atoms with Gasteiger partial charge in [0.15, 0.2) is 11.5 Å². The topological polar surface area (TPSA) is 156 Å². The molecule has 4 aliphatic rings. The molecule has 0 radical (unpaired) electrons. The first-order valence-corrected chi connectivity index (χ1v) is 19.2. The number of carbonyl (C=O) groups excluding carboxylic acids is 1. The predicted molar refractivity (Wildman–Crippen MR) is 208 cm³/mol. The fraction of sp³-hybridized carbons (Fsp3) is 0.400. The Morgan fingerprint density at radius 1 is 0.966 bits per heavy atom. The molecule has 8 heterocycles. The predicted octanol–water partition coefficient (Wildman–Crippen LogP) is 5.23. The first kappa shape index (κ1) is 36.0. The molecular weight excluding hydrogens is 754 g/mol. The number of imidazole rings is 1. The molecule has 58 heavy (non-hydrogen) atoms. The molecule has 3 fully saturated rings. The Morgan fingerprint density at radius 3 is 2.57 bits per heavy atom. The van der Waals surface area contributed by atoms with Gasteiger partial charge in [-0.15, -0.1) is 0 Å². The number of aryl methyl sites for hydroxylation is 1. The van der Waals surface area contributed by atoms with E-state index in [0.717, 1.165) is 18.6 Å². The molecule has 300 valence electrons. The number of halogens is 3. The normalized spacial score (nSPS) is 24.4. The fourth-order valence-corrected chi connectivity index (χ4v) is 9.23. The number of benzene rings is 2. The van der Waals surface area contributed by atoms with E-state index in [1.54, 1.807) is 31.3 Å².